The van der Waals surface area contributed by atoms with E-state index < -0.39 is 0 Å². The first-order valence-electron chi connectivity index (χ1n) is 6.73. The van der Waals surface area contributed by atoms with E-state index in [9.17, 15) is 0 Å². The molecule has 0 radical (unpaired) electrons. The van der Waals surface area contributed by atoms with E-state index in [0.717, 1.165) is 10.9 Å². The molecule has 0 spiro atoms. The Kier molecular flexibility index (Phi) is 3.24. The summed E-state index contributed by atoms with van der Waals surface area (Å²) in [7, 11) is 0. The average molecular weight is 267 g/mol. The number of hydrogen-bond donors (Lipinski definition) is 1. The monoisotopic (exact) mass is 267 g/mol. The van der Waals surface area contributed by atoms with Gasteiger partial charge in [0.1, 0.15) is 0 Å². The van der Waals surface area contributed by atoms with Crippen molar-refractivity contribution in [2.24, 2.45) is 5.73 Å². The van der Waals surface area contributed by atoms with Gasteiger partial charge in [-0.1, -0.05) is 55.4 Å². The number of benzene rings is 2. The van der Waals surface area contributed by atoms with Crippen molar-refractivity contribution in [3.63, 3.8) is 0 Å². The van der Waals surface area contributed by atoms with Crippen LogP contribution in [0.2, 0.25) is 0 Å². The van der Waals surface area contributed by atoms with Gasteiger partial charge in [0, 0.05) is 5.92 Å². The lowest BCUT2D eigenvalue weighted by molar-refractivity contribution is 0.359. The van der Waals surface area contributed by atoms with Crippen LogP contribution in [0.25, 0.3) is 10.8 Å². The van der Waals surface area contributed by atoms with Crippen molar-refractivity contribution in [2.45, 2.75) is 25.8 Å². The molecule has 3 aromatic rings. The molecule has 2 aromatic carbocycles. The van der Waals surface area contributed by atoms with Crippen LogP contribution in [-0.2, 0) is 0 Å². The molecule has 20 heavy (non-hydrogen) atoms. The van der Waals surface area contributed by atoms with E-state index in [-0.39, 0.29) is 12.0 Å². The third-order valence-electron chi connectivity index (χ3n) is 3.36. The van der Waals surface area contributed by atoms with Crippen molar-refractivity contribution in [3.8, 4) is 0 Å². The summed E-state index contributed by atoms with van der Waals surface area (Å²) in [6.07, 6.45) is 0. The van der Waals surface area contributed by atoms with Crippen LogP contribution in [0.1, 0.15) is 43.1 Å². The van der Waals surface area contributed by atoms with Gasteiger partial charge in [0.15, 0.2) is 5.82 Å². The van der Waals surface area contributed by atoms with Gasteiger partial charge >= 0.3 is 0 Å². The highest BCUT2D eigenvalue weighted by atomic mass is 16.5. The summed E-state index contributed by atoms with van der Waals surface area (Å²) in [5.41, 5.74) is 7.22. The zero-order valence-electron chi connectivity index (χ0n) is 11.6. The van der Waals surface area contributed by atoms with Crippen LogP contribution >= 0.6 is 0 Å². The molecule has 0 fully saturated rings. The van der Waals surface area contributed by atoms with Crippen molar-refractivity contribution in [3.05, 3.63) is 59.7 Å². The predicted molar refractivity (Wildman–Crippen MR) is 78.4 cm³/mol. The van der Waals surface area contributed by atoms with Crippen LogP contribution in [-0.4, -0.2) is 10.1 Å². The summed E-state index contributed by atoms with van der Waals surface area (Å²) < 4.78 is 5.22. The van der Waals surface area contributed by atoms with E-state index >= 15 is 0 Å². The van der Waals surface area contributed by atoms with Crippen molar-refractivity contribution < 1.29 is 4.52 Å². The number of nitrogens with zero attached hydrogens (tertiary/aromatic N) is 2. The molecule has 1 heterocycles. The lowest BCUT2D eigenvalue weighted by Gasteiger charge is -2.08. The molecule has 0 amide bonds. The summed E-state index contributed by atoms with van der Waals surface area (Å²) >= 11 is 0. The van der Waals surface area contributed by atoms with E-state index in [1.54, 1.807) is 0 Å². The van der Waals surface area contributed by atoms with Gasteiger partial charge < -0.3 is 10.3 Å². The van der Waals surface area contributed by atoms with Gasteiger partial charge in [-0.25, -0.2) is 0 Å². The zero-order valence-corrected chi connectivity index (χ0v) is 11.6. The summed E-state index contributed by atoms with van der Waals surface area (Å²) in [6, 6.07) is 14.0. The Labute approximate surface area is 117 Å². The van der Waals surface area contributed by atoms with Gasteiger partial charge in [-0.15, -0.1) is 0 Å². The first-order valence-corrected chi connectivity index (χ1v) is 6.73. The Morgan fingerprint density at radius 1 is 1.05 bits per heavy atom. The second-order valence-corrected chi connectivity index (χ2v) is 5.23. The Hall–Kier alpha value is -2.20. The number of fused-ring (bicyclic) bond motifs is 1. The topological polar surface area (TPSA) is 64.9 Å². The third kappa shape index (κ3) is 2.30. The molecule has 0 aliphatic rings. The van der Waals surface area contributed by atoms with E-state index in [2.05, 4.69) is 34.4 Å². The summed E-state index contributed by atoms with van der Waals surface area (Å²) in [6.45, 7) is 4.03. The Morgan fingerprint density at radius 3 is 2.50 bits per heavy atom. The van der Waals surface area contributed by atoms with Gasteiger partial charge in [-0.05, 0) is 22.4 Å². The predicted octanol–water partition coefficient (Wildman–Crippen LogP) is 3.39. The van der Waals surface area contributed by atoms with Gasteiger partial charge in [0.2, 0.25) is 5.89 Å². The number of hydrogen-bond acceptors (Lipinski definition) is 4. The van der Waals surface area contributed by atoms with Crippen LogP contribution in [0.15, 0.2) is 47.0 Å². The molecule has 1 atom stereocenters. The van der Waals surface area contributed by atoms with Gasteiger partial charge in [0.25, 0.3) is 0 Å². The number of aromatic nitrogens is 2. The van der Waals surface area contributed by atoms with E-state index in [1.807, 2.05) is 32.0 Å². The molecule has 3 rings (SSSR count). The van der Waals surface area contributed by atoms with Gasteiger partial charge in [-0.3, -0.25) is 0 Å². The lowest BCUT2D eigenvalue weighted by atomic mass is 10.0. The Bertz CT molecular complexity index is 733. The van der Waals surface area contributed by atoms with Crippen molar-refractivity contribution in [2.75, 3.05) is 0 Å². The molecule has 0 aliphatic carbocycles. The zero-order chi connectivity index (χ0) is 14.1. The first kappa shape index (κ1) is 12.8. The highest BCUT2D eigenvalue weighted by molar-refractivity contribution is 5.83. The molecule has 0 saturated heterocycles. The Balaban J connectivity index is 1.96. The largest absolute Gasteiger partial charge is 0.339 e. The van der Waals surface area contributed by atoms with Gasteiger partial charge in [-0.2, -0.15) is 4.98 Å². The fourth-order valence-corrected chi connectivity index (χ4v) is 2.16. The molecule has 4 heteroatoms. The highest BCUT2D eigenvalue weighted by Crippen LogP contribution is 2.23. The smallest absolute Gasteiger partial charge is 0.229 e. The minimum absolute atomic E-state index is 0.208. The molecular weight excluding hydrogens is 250 g/mol. The lowest BCUT2D eigenvalue weighted by Crippen LogP contribution is -2.13. The molecule has 1 unspecified atom stereocenters. The Morgan fingerprint density at radius 2 is 1.80 bits per heavy atom. The maximum absolute atomic E-state index is 6.24. The van der Waals surface area contributed by atoms with Crippen molar-refractivity contribution in [1.29, 1.82) is 0 Å². The summed E-state index contributed by atoms with van der Waals surface area (Å²) in [4.78, 5) is 4.36. The van der Waals surface area contributed by atoms with E-state index in [0.29, 0.717) is 11.7 Å². The molecule has 0 saturated carbocycles. The highest BCUT2D eigenvalue weighted by Gasteiger charge is 2.17. The molecule has 1 aromatic heterocycles. The molecule has 2 N–H and O–H groups in total. The second-order valence-electron chi connectivity index (χ2n) is 5.23. The minimum atomic E-state index is -0.365. The number of rotatable bonds is 3. The summed E-state index contributed by atoms with van der Waals surface area (Å²) in [5.74, 6) is 1.36. The normalized spacial score (nSPS) is 13.0. The van der Waals surface area contributed by atoms with Crippen LogP contribution in [0.5, 0.6) is 0 Å². The molecule has 0 bridgehead atoms. The second kappa shape index (κ2) is 5.06. The van der Waals surface area contributed by atoms with E-state index in [1.165, 1.54) is 5.39 Å². The van der Waals surface area contributed by atoms with Gasteiger partial charge in [0.05, 0.1) is 6.04 Å². The van der Waals surface area contributed by atoms with E-state index in [4.69, 9.17) is 10.3 Å². The quantitative estimate of drug-likeness (QED) is 0.790. The fraction of sp³-hybridized carbons (Fsp3) is 0.250. The van der Waals surface area contributed by atoms with Crippen LogP contribution < -0.4 is 5.73 Å². The third-order valence-corrected chi connectivity index (χ3v) is 3.36. The van der Waals surface area contributed by atoms with Crippen molar-refractivity contribution >= 4 is 10.8 Å². The maximum atomic E-state index is 6.24. The standard InChI is InChI=1S/C16H17N3O/c1-10(2)16-18-15(19-20-16)14(17)13-8-7-11-5-3-4-6-12(11)9-13/h3-10,14H,17H2,1-2H3. The fourth-order valence-electron chi connectivity index (χ4n) is 2.16. The van der Waals surface area contributed by atoms with Crippen LogP contribution in [0, 0.1) is 0 Å². The molecular formula is C16H17N3O. The van der Waals surface area contributed by atoms with Crippen LogP contribution in [0.3, 0.4) is 0 Å². The summed E-state index contributed by atoms with van der Waals surface area (Å²) in [5, 5.41) is 6.34. The molecule has 4 nitrogen and oxygen atoms in total. The first-order chi connectivity index (χ1) is 9.65. The minimum Gasteiger partial charge on any atom is -0.339 e. The molecule has 102 valence electrons. The van der Waals surface area contributed by atoms with Crippen LogP contribution in [0.4, 0.5) is 0 Å². The number of nitrogens with two attached hydrogens (primary N) is 1. The maximum Gasteiger partial charge on any atom is 0.229 e. The molecule has 0 aliphatic heterocycles. The van der Waals surface area contributed by atoms with Crippen molar-refractivity contribution in [1.82, 2.24) is 10.1 Å². The average Bonchev–Trinajstić information content (AvgIpc) is 2.96. The SMILES string of the molecule is CC(C)c1nc(C(N)c2ccc3ccccc3c2)no1.